The van der Waals surface area contributed by atoms with Crippen LogP contribution in [-0.2, 0) is 21.3 Å². The number of carbonyl (C=O) groups excluding carboxylic acids is 1. The van der Waals surface area contributed by atoms with E-state index in [2.05, 4.69) is 10.2 Å². The average molecular weight is 383 g/mol. The van der Waals surface area contributed by atoms with Crippen LogP contribution in [-0.4, -0.2) is 49.7 Å². The highest BCUT2D eigenvalue weighted by Crippen LogP contribution is 2.28. The second-order valence-corrected chi connectivity index (χ2v) is 7.55. The molecule has 0 N–H and O–H groups in total. The molecule has 0 unspecified atom stereocenters. The van der Waals surface area contributed by atoms with Gasteiger partial charge in [-0.3, -0.25) is 0 Å². The Hall–Kier alpha value is -2.46. The molecule has 142 valence electrons. The first-order valence-corrected chi connectivity index (χ1v) is 9.25. The Morgan fingerprint density at radius 2 is 1.85 bits per heavy atom. The quantitative estimate of drug-likeness (QED) is 0.664. The predicted octanol–water partition coefficient (Wildman–Crippen LogP) is 1.69. The molecule has 9 nitrogen and oxygen atoms in total. The standard InChI is InChI=1S/C16H21N3O6S/c1-6-24-16(20)15-18-17-13(25-15)9-19(4)26(21,22)14-10(2)7-12(23-5)8-11(14)3/h7-8H,6,9H2,1-5H3. The number of ether oxygens (including phenoxy) is 2. The number of hydrogen-bond acceptors (Lipinski definition) is 8. The summed E-state index contributed by atoms with van der Waals surface area (Å²) in [6.45, 7) is 5.03. The van der Waals surface area contributed by atoms with Crippen LogP contribution in [0.5, 0.6) is 5.75 Å². The summed E-state index contributed by atoms with van der Waals surface area (Å²) in [5.74, 6) is -0.497. The van der Waals surface area contributed by atoms with Crippen molar-refractivity contribution in [2.45, 2.75) is 32.2 Å². The van der Waals surface area contributed by atoms with Crippen LogP contribution in [0, 0.1) is 13.8 Å². The third-order valence-electron chi connectivity index (χ3n) is 3.61. The Morgan fingerprint density at radius 3 is 2.38 bits per heavy atom. The molecule has 2 aromatic rings. The van der Waals surface area contributed by atoms with Crippen LogP contribution in [0.3, 0.4) is 0 Å². The highest BCUT2D eigenvalue weighted by atomic mass is 32.2. The van der Waals surface area contributed by atoms with Crippen molar-refractivity contribution in [1.82, 2.24) is 14.5 Å². The third-order valence-corrected chi connectivity index (χ3v) is 5.72. The lowest BCUT2D eigenvalue weighted by Gasteiger charge is -2.19. The van der Waals surface area contributed by atoms with Crippen molar-refractivity contribution in [3.05, 3.63) is 35.0 Å². The molecule has 0 radical (unpaired) electrons. The molecule has 1 aromatic carbocycles. The molecular weight excluding hydrogens is 362 g/mol. The highest BCUT2D eigenvalue weighted by Gasteiger charge is 2.27. The predicted molar refractivity (Wildman–Crippen MR) is 91.4 cm³/mol. The Labute approximate surface area is 152 Å². The molecule has 0 saturated heterocycles. The molecule has 1 heterocycles. The Bertz CT molecular complexity index is 883. The SMILES string of the molecule is CCOC(=O)c1nnc(CN(C)S(=O)(=O)c2c(C)cc(OC)cc2C)o1. The fourth-order valence-electron chi connectivity index (χ4n) is 2.46. The first kappa shape index (κ1) is 19.9. The molecule has 0 bridgehead atoms. The zero-order chi connectivity index (χ0) is 19.5. The molecule has 0 aliphatic heterocycles. The van der Waals surface area contributed by atoms with E-state index >= 15 is 0 Å². The van der Waals surface area contributed by atoms with E-state index in [0.29, 0.717) is 16.9 Å². The first-order chi connectivity index (χ1) is 12.2. The number of rotatable bonds is 7. The minimum absolute atomic E-state index is 0.0112. The van der Waals surface area contributed by atoms with Gasteiger partial charge in [0.2, 0.25) is 15.9 Å². The van der Waals surface area contributed by atoms with Gasteiger partial charge in [-0.2, -0.15) is 4.31 Å². The van der Waals surface area contributed by atoms with E-state index in [1.54, 1.807) is 32.9 Å². The van der Waals surface area contributed by atoms with Gasteiger partial charge >= 0.3 is 11.9 Å². The first-order valence-electron chi connectivity index (χ1n) is 7.81. The van der Waals surface area contributed by atoms with E-state index in [4.69, 9.17) is 13.9 Å². The van der Waals surface area contributed by atoms with Crippen LogP contribution < -0.4 is 4.74 Å². The number of esters is 1. The van der Waals surface area contributed by atoms with Crippen LogP contribution in [0.4, 0.5) is 0 Å². The molecule has 1 aromatic heterocycles. The van der Waals surface area contributed by atoms with Gasteiger partial charge in [-0.25, -0.2) is 13.2 Å². The summed E-state index contributed by atoms with van der Waals surface area (Å²) in [5.41, 5.74) is 1.12. The number of sulfonamides is 1. The lowest BCUT2D eigenvalue weighted by atomic mass is 10.1. The third kappa shape index (κ3) is 4.02. The van der Waals surface area contributed by atoms with Gasteiger partial charge in [0.25, 0.3) is 0 Å². The van der Waals surface area contributed by atoms with Gasteiger partial charge in [-0.15, -0.1) is 10.2 Å². The van der Waals surface area contributed by atoms with E-state index in [9.17, 15) is 13.2 Å². The van der Waals surface area contributed by atoms with Crippen LogP contribution in [0.15, 0.2) is 21.4 Å². The van der Waals surface area contributed by atoms with Gasteiger partial charge < -0.3 is 13.9 Å². The zero-order valence-electron chi connectivity index (χ0n) is 15.3. The van der Waals surface area contributed by atoms with Crippen LogP contribution in [0.2, 0.25) is 0 Å². The van der Waals surface area contributed by atoms with E-state index in [-0.39, 0.29) is 29.8 Å². The van der Waals surface area contributed by atoms with Gasteiger partial charge in [0.15, 0.2) is 0 Å². The van der Waals surface area contributed by atoms with Crippen molar-refractivity contribution in [3.63, 3.8) is 0 Å². The fourth-order valence-corrected chi connectivity index (χ4v) is 3.98. The fraction of sp³-hybridized carbons (Fsp3) is 0.438. The van der Waals surface area contributed by atoms with Crippen molar-refractivity contribution in [2.24, 2.45) is 0 Å². The van der Waals surface area contributed by atoms with Crippen molar-refractivity contribution in [1.29, 1.82) is 0 Å². The van der Waals surface area contributed by atoms with Crippen molar-refractivity contribution >= 4 is 16.0 Å². The van der Waals surface area contributed by atoms with Crippen molar-refractivity contribution in [3.8, 4) is 5.75 Å². The lowest BCUT2D eigenvalue weighted by Crippen LogP contribution is -2.28. The molecule has 0 fully saturated rings. The summed E-state index contributed by atoms with van der Waals surface area (Å²) in [4.78, 5) is 11.7. The molecule has 26 heavy (non-hydrogen) atoms. The minimum Gasteiger partial charge on any atom is -0.497 e. The normalized spacial score (nSPS) is 11.6. The molecule has 0 aliphatic rings. The number of methoxy groups -OCH3 is 1. The summed E-state index contributed by atoms with van der Waals surface area (Å²) in [5, 5.41) is 7.27. The summed E-state index contributed by atoms with van der Waals surface area (Å²) in [6, 6.07) is 3.30. The van der Waals surface area contributed by atoms with Gasteiger partial charge in [0.1, 0.15) is 5.75 Å². The van der Waals surface area contributed by atoms with Gasteiger partial charge in [-0.05, 0) is 44.0 Å². The Morgan fingerprint density at radius 1 is 1.23 bits per heavy atom. The Balaban J connectivity index is 2.26. The number of benzene rings is 1. The van der Waals surface area contributed by atoms with Gasteiger partial charge in [0.05, 0.1) is 25.2 Å². The largest absolute Gasteiger partial charge is 0.497 e. The smallest absolute Gasteiger partial charge is 0.396 e. The average Bonchev–Trinajstić information content (AvgIpc) is 3.02. The van der Waals surface area contributed by atoms with E-state index in [1.807, 2.05) is 0 Å². The van der Waals surface area contributed by atoms with Gasteiger partial charge in [-0.1, -0.05) is 0 Å². The second-order valence-electron chi connectivity index (χ2n) is 5.57. The molecular formula is C16H21N3O6S. The molecule has 0 amide bonds. The summed E-state index contributed by atoms with van der Waals surface area (Å²) in [6.07, 6.45) is 0. The summed E-state index contributed by atoms with van der Waals surface area (Å²) < 4.78 is 42.0. The lowest BCUT2D eigenvalue weighted by molar-refractivity contribution is 0.0478. The van der Waals surface area contributed by atoms with Crippen molar-refractivity contribution in [2.75, 3.05) is 20.8 Å². The minimum atomic E-state index is -3.81. The molecule has 0 atom stereocenters. The molecule has 10 heteroatoms. The number of hydrogen-bond donors (Lipinski definition) is 0. The van der Waals surface area contributed by atoms with E-state index in [0.717, 1.165) is 4.31 Å². The second kappa shape index (κ2) is 7.83. The van der Waals surface area contributed by atoms with Gasteiger partial charge in [0, 0.05) is 7.05 Å². The van der Waals surface area contributed by atoms with Crippen LogP contribution in [0.1, 0.15) is 34.6 Å². The van der Waals surface area contributed by atoms with Crippen LogP contribution in [0.25, 0.3) is 0 Å². The zero-order valence-corrected chi connectivity index (χ0v) is 16.1. The highest BCUT2D eigenvalue weighted by molar-refractivity contribution is 7.89. The monoisotopic (exact) mass is 383 g/mol. The topological polar surface area (TPSA) is 112 Å². The maximum Gasteiger partial charge on any atom is 0.396 e. The molecule has 2 rings (SSSR count). The van der Waals surface area contributed by atoms with E-state index in [1.165, 1.54) is 14.2 Å². The molecule has 0 aliphatic carbocycles. The number of nitrogens with zero attached hydrogens (tertiary/aromatic N) is 3. The Kier molecular flexibility index (Phi) is 5.98. The van der Waals surface area contributed by atoms with E-state index < -0.39 is 16.0 Å². The maximum atomic E-state index is 12.9. The van der Waals surface area contributed by atoms with Crippen LogP contribution >= 0.6 is 0 Å². The molecule has 0 spiro atoms. The number of aryl methyl sites for hydroxylation is 2. The number of aromatic nitrogens is 2. The van der Waals surface area contributed by atoms with Crippen molar-refractivity contribution < 1.29 is 27.1 Å². The number of carbonyl (C=O) groups is 1. The maximum absolute atomic E-state index is 12.9. The summed E-state index contributed by atoms with van der Waals surface area (Å²) >= 11 is 0. The summed E-state index contributed by atoms with van der Waals surface area (Å²) in [7, 11) is -0.896. The molecule has 0 saturated carbocycles.